The molecule has 1 unspecified atom stereocenters. The molecule has 5 nitrogen and oxygen atoms in total. The van der Waals surface area contributed by atoms with Gasteiger partial charge in [-0.1, -0.05) is 18.2 Å². The van der Waals surface area contributed by atoms with Crippen LogP contribution in [0.15, 0.2) is 29.2 Å². The van der Waals surface area contributed by atoms with Crippen molar-refractivity contribution in [2.45, 2.75) is 17.2 Å². The molecular weight excluding hydrogens is 244 g/mol. The molecule has 1 aromatic carbocycles. The minimum Gasteiger partial charge on any atom is -0.298 e. The highest BCUT2D eigenvalue weighted by molar-refractivity contribution is 7.91. The van der Waals surface area contributed by atoms with Crippen molar-refractivity contribution in [3.8, 4) is 0 Å². The Labute approximate surface area is 99.2 Å². The van der Waals surface area contributed by atoms with Crippen LogP contribution in [0.3, 0.4) is 0 Å². The van der Waals surface area contributed by atoms with Gasteiger partial charge in [0, 0.05) is 0 Å². The fourth-order valence-electron chi connectivity index (χ4n) is 1.98. The molecule has 1 aliphatic heterocycles. The van der Waals surface area contributed by atoms with Gasteiger partial charge in [0.2, 0.25) is 0 Å². The van der Waals surface area contributed by atoms with Crippen LogP contribution in [0.25, 0.3) is 0 Å². The van der Waals surface area contributed by atoms with Gasteiger partial charge in [-0.05, 0) is 18.1 Å². The molecule has 0 bridgehead atoms. The monoisotopic (exact) mass is 256 g/mol. The smallest absolute Gasteiger partial charge is 0.298 e. The molecule has 1 atom stereocenters. The highest BCUT2D eigenvalue weighted by atomic mass is 32.2. The molecule has 0 radical (unpaired) electrons. The van der Waals surface area contributed by atoms with E-state index in [-0.39, 0.29) is 17.1 Å². The van der Waals surface area contributed by atoms with Crippen LogP contribution in [0, 0.1) is 0 Å². The summed E-state index contributed by atoms with van der Waals surface area (Å²) >= 11 is 0. The Hall–Kier alpha value is -1.40. The Balaban J connectivity index is 2.45. The standard InChI is InChI=1S/C11H12O5S/c1-15-16-11(12)9-6-7-17(13,14)10-5-3-2-4-8(9)10/h2-5,9H,6-7H2,1H3. The van der Waals surface area contributed by atoms with Crippen LogP contribution in [0.1, 0.15) is 17.9 Å². The molecular formula is C11H12O5S. The van der Waals surface area contributed by atoms with Crippen molar-refractivity contribution < 1.29 is 23.0 Å². The summed E-state index contributed by atoms with van der Waals surface area (Å²) in [7, 11) is -2.03. The van der Waals surface area contributed by atoms with E-state index >= 15 is 0 Å². The van der Waals surface area contributed by atoms with Crippen molar-refractivity contribution in [3.05, 3.63) is 29.8 Å². The normalized spacial score (nSPS) is 21.6. The quantitative estimate of drug-likeness (QED) is 0.584. The zero-order chi connectivity index (χ0) is 12.5. The number of rotatable bonds is 2. The van der Waals surface area contributed by atoms with Crippen molar-refractivity contribution in [2.24, 2.45) is 0 Å². The lowest BCUT2D eigenvalue weighted by molar-refractivity contribution is -0.256. The molecule has 0 fully saturated rings. The first kappa shape index (κ1) is 12.1. The maximum absolute atomic E-state index is 11.8. The van der Waals surface area contributed by atoms with Crippen LogP contribution in [-0.4, -0.2) is 27.2 Å². The van der Waals surface area contributed by atoms with E-state index in [1.54, 1.807) is 18.2 Å². The summed E-state index contributed by atoms with van der Waals surface area (Å²) in [6.45, 7) is 0. The lowest BCUT2D eigenvalue weighted by Crippen LogP contribution is -2.26. The van der Waals surface area contributed by atoms with E-state index in [9.17, 15) is 13.2 Å². The zero-order valence-corrected chi connectivity index (χ0v) is 10.1. The highest BCUT2D eigenvalue weighted by Crippen LogP contribution is 2.34. The van der Waals surface area contributed by atoms with Gasteiger partial charge in [0.05, 0.1) is 23.7 Å². The van der Waals surface area contributed by atoms with Gasteiger partial charge in [-0.3, -0.25) is 4.89 Å². The van der Waals surface area contributed by atoms with E-state index in [0.29, 0.717) is 5.56 Å². The van der Waals surface area contributed by atoms with E-state index in [1.165, 1.54) is 13.2 Å². The minimum absolute atomic E-state index is 0.0481. The third kappa shape index (κ3) is 2.18. The van der Waals surface area contributed by atoms with Gasteiger partial charge < -0.3 is 0 Å². The summed E-state index contributed by atoms with van der Waals surface area (Å²) in [4.78, 5) is 20.6. The van der Waals surface area contributed by atoms with Gasteiger partial charge in [0.1, 0.15) is 0 Å². The summed E-state index contributed by atoms with van der Waals surface area (Å²) in [6, 6.07) is 6.48. The topological polar surface area (TPSA) is 69.7 Å². The second kappa shape index (κ2) is 4.46. The molecule has 1 aliphatic rings. The number of fused-ring (bicyclic) bond motifs is 1. The van der Waals surface area contributed by atoms with Crippen LogP contribution < -0.4 is 0 Å². The van der Waals surface area contributed by atoms with Crippen molar-refractivity contribution in [3.63, 3.8) is 0 Å². The summed E-state index contributed by atoms with van der Waals surface area (Å²) in [6.07, 6.45) is 0.224. The molecule has 6 heteroatoms. The molecule has 0 saturated carbocycles. The van der Waals surface area contributed by atoms with Crippen molar-refractivity contribution in [1.29, 1.82) is 0 Å². The molecule has 0 saturated heterocycles. The first-order valence-electron chi connectivity index (χ1n) is 5.12. The number of hydrogen-bond donors (Lipinski definition) is 0. The Morgan fingerprint density at radius 1 is 1.35 bits per heavy atom. The van der Waals surface area contributed by atoms with Crippen LogP contribution >= 0.6 is 0 Å². The molecule has 2 rings (SSSR count). The lowest BCUT2D eigenvalue weighted by atomic mass is 9.96. The molecule has 92 valence electrons. The summed E-state index contributed by atoms with van der Waals surface area (Å²) < 4.78 is 23.6. The first-order valence-corrected chi connectivity index (χ1v) is 6.77. The Morgan fingerprint density at radius 2 is 2.06 bits per heavy atom. The Morgan fingerprint density at radius 3 is 2.76 bits per heavy atom. The number of carbonyl (C=O) groups is 1. The van der Waals surface area contributed by atoms with E-state index in [4.69, 9.17) is 0 Å². The summed E-state index contributed by atoms with van der Waals surface area (Å²) in [5.74, 6) is -1.18. The molecule has 1 aromatic rings. The summed E-state index contributed by atoms with van der Waals surface area (Å²) in [5, 5.41) is 0. The minimum atomic E-state index is -3.27. The Bertz CT molecular complexity index is 535. The number of sulfone groups is 1. The molecule has 17 heavy (non-hydrogen) atoms. The fourth-order valence-corrected chi connectivity index (χ4v) is 3.60. The highest BCUT2D eigenvalue weighted by Gasteiger charge is 2.35. The summed E-state index contributed by atoms with van der Waals surface area (Å²) in [5.41, 5.74) is 0.487. The van der Waals surface area contributed by atoms with Crippen LogP contribution in [0.2, 0.25) is 0 Å². The predicted octanol–water partition coefficient (Wildman–Crippen LogP) is 1.05. The number of hydrogen-bond acceptors (Lipinski definition) is 5. The Kier molecular flexibility index (Phi) is 3.17. The number of benzene rings is 1. The van der Waals surface area contributed by atoms with Gasteiger partial charge in [-0.2, -0.15) is 4.89 Å². The van der Waals surface area contributed by atoms with E-state index < -0.39 is 21.7 Å². The predicted molar refractivity (Wildman–Crippen MR) is 59.0 cm³/mol. The maximum atomic E-state index is 11.8. The average Bonchev–Trinajstić information content (AvgIpc) is 2.29. The van der Waals surface area contributed by atoms with Crippen LogP contribution in [-0.2, 0) is 24.4 Å². The second-order valence-corrected chi connectivity index (χ2v) is 5.84. The molecule has 0 aliphatic carbocycles. The van der Waals surface area contributed by atoms with Crippen molar-refractivity contribution in [1.82, 2.24) is 0 Å². The van der Waals surface area contributed by atoms with Gasteiger partial charge in [-0.25, -0.2) is 13.2 Å². The van der Waals surface area contributed by atoms with Crippen LogP contribution in [0.5, 0.6) is 0 Å². The van der Waals surface area contributed by atoms with E-state index in [0.717, 1.165) is 0 Å². The third-order valence-electron chi connectivity index (χ3n) is 2.75. The molecule has 1 heterocycles. The second-order valence-electron chi connectivity index (χ2n) is 3.77. The molecule has 0 amide bonds. The average molecular weight is 256 g/mol. The molecule has 0 aromatic heterocycles. The first-order chi connectivity index (χ1) is 8.06. The van der Waals surface area contributed by atoms with Crippen molar-refractivity contribution >= 4 is 15.8 Å². The maximum Gasteiger partial charge on any atom is 0.349 e. The van der Waals surface area contributed by atoms with Gasteiger partial charge in [-0.15, -0.1) is 0 Å². The molecule has 0 N–H and O–H groups in total. The SMILES string of the molecule is COOC(=O)C1CCS(=O)(=O)c2ccccc21. The fraction of sp³-hybridized carbons (Fsp3) is 0.364. The van der Waals surface area contributed by atoms with Gasteiger partial charge >= 0.3 is 5.97 Å². The molecule has 0 spiro atoms. The third-order valence-corrected chi connectivity index (χ3v) is 4.57. The van der Waals surface area contributed by atoms with Gasteiger partial charge in [0.15, 0.2) is 9.84 Å². The zero-order valence-electron chi connectivity index (χ0n) is 9.25. The largest absolute Gasteiger partial charge is 0.349 e. The van der Waals surface area contributed by atoms with Gasteiger partial charge in [0.25, 0.3) is 0 Å². The lowest BCUT2D eigenvalue weighted by Gasteiger charge is -2.22. The van der Waals surface area contributed by atoms with E-state index in [2.05, 4.69) is 9.78 Å². The van der Waals surface area contributed by atoms with Crippen molar-refractivity contribution in [2.75, 3.05) is 12.9 Å². The number of carbonyl (C=O) groups excluding carboxylic acids is 1. The van der Waals surface area contributed by atoms with Crippen LogP contribution in [0.4, 0.5) is 0 Å². The van der Waals surface area contributed by atoms with E-state index in [1.807, 2.05) is 0 Å².